The molecule has 4 rings (SSSR count). The molecule has 1 aliphatic rings. The van der Waals surface area contributed by atoms with Gasteiger partial charge in [0.05, 0.1) is 12.2 Å². The van der Waals surface area contributed by atoms with E-state index in [0.29, 0.717) is 18.0 Å². The van der Waals surface area contributed by atoms with Crippen molar-refractivity contribution in [1.29, 1.82) is 0 Å². The average molecular weight is 364 g/mol. The van der Waals surface area contributed by atoms with E-state index in [9.17, 15) is 9.59 Å². The van der Waals surface area contributed by atoms with E-state index in [1.54, 1.807) is 24.3 Å². The van der Waals surface area contributed by atoms with Crippen LogP contribution in [0.5, 0.6) is 5.75 Å². The highest BCUT2D eigenvalue weighted by molar-refractivity contribution is 6.01. The quantitative estimate of drug-likeness (QED) is 0.710. The summed E-state index contributed by atoms with van der Waals surface area (Å²) in [6, 6.07) is 15.8. The third-order valence-electron chi connectivity index (χ3n) is 3.99. The molecule has 9 nitrogen and oxygen atoms in total. The van der Waals surface area contributed by atoms with Crippen LogP contribution in [0.4, 0.5) is 5.69 Å². The molecular formula is C18H16N6O3. The van der Waals surface area contributed by atoms with Gasteiger partial charge >= 0.3 is 0 Å². The number of carbonyl (C=O) groups excluding carboxylic acids is 2. The Labute approximate surface area is 154 Å². The maximum Gasteiger partial charge on any atom is 0.293 e. The Kier molecular flexibility index (Phi) is 4.48. The summed E-state index contributed by atoms with van der Waals surface area (Å²) in [5.41, 5.74) is 1.54. The zero-order valence-corrected chi connectivity index (χ0v) is 14.2. The van der Waals surface area contributed by atoms with Gasteiger partial charge in [0, 0.05) is 0 Å². The maximum absolute atomic E-state index is 12.4. The van der Waals surface area contributed by atoms with Crippen LogP contribution >= 0.6 is 0 Å². The van der Waals surface area contributed by atoms with E-state index in [1.165, 1.54) is 4.80 Å². The van der Waals surface area contributed by atoms with E-state index >= 15 is 0 Å². The molecule has 0 saturated heterocycles. The predicted octanol–water partition coefficient (Wildman–Crippen LogP) is 0.851. The Morgan fingerprint density at radius 3 is 2.81 bits per heavy atom. The van der Waals surface area contributed by atoms with Crippen LogP contribution in [-0.4, -0.2) is 44.7 Å². The van der Waals surface area contributed by atoms with Crippen molar-refractivity contribution in [2.45, 2.75) is 12.6 Å². The summed E-state index contributed by atoms with van der Waals surface area (Å²) < 4.78 is 5.59. The van der Waals surface area contributed by atoms with Gasteiger partial charge in [-0.25, -0.2) is 0 Å². The number of nitrogens with one attached hydrogen (secondary N) is 2. The number of aromatic nitrogens is 4. The van der Waals surface area contributed by atoms with Gasteiger partial charge in [0.15, 0.2) is 0 Å². The van der Waals surface area contributed by atoms with Crippen molar-refractivity contribution in [3.05, 3.63) is 66.0 Å². The van der Waals surface area contributed by atoms with Crippen molar-refractivity contribution in [2.24, 2.45) is 0 Å². The molecule has 0 saturated carbocycles. The van der Waals surface area contributed by atoms with Gasteiger partial charge in [-0.15, -0.1) is 10.2 Å². The van der Waals surface area contributed by atoms with Crippen LogP contribution in [0.15, 0.2) is 54.6 Å². The first-order valence-corrected chi connectivity index (χ1v) is 8.34. The highest BCUT2D eigenvalue weighted by Gasteiger charge is 2.27. The van der Waals surface area contributed by atoms with Crippen LogP contribution < -0.4 is 15.4 Å². The second-order valence-corrected chi connectivity index (χ2v) is 5.95. The molecule has 9 heteroatoms. The largest absolute Gasteiger partial charge is 0.489 e. The van der Waals surface area contributed by atoms with Crippen LogP contribution in [0, 0.1) is 0 Å². The monoisotopic (exact) mass is 364 g/mol. The number of tetrazole rings is 1. The van der Waals surface area contributed by atoms with E-state index in [4.69, 9.17) is 4.74 Å². The number of hydrogen-bond donors (Lipinski definition) is 2. The Hall–Kier alpha value is -3.75. The van der Waals surface area contributed by atoms with Crippen molar-refractivity contribution in [3.63, 3.8) is 0 Å². The fraction of sp³-hybridized carbons (Fsp3) is 0.167. The summed E-state index contributed by atoms with van der Waals surface area (Å²) in [7, 11) is 0. The second-order valence-electron chi connectivity index (χ2n) is 5.95. The molecule has 0 aliphatic carbocycles. The van der Waals surface area contributed by atoms with Crippen LogP contribution in [-0.2, 0) is 11.3 Å². The molecule has 0 unspecified atom stereocenters. The second kappa shape index (κ2) is 7.24. The molecule has 1 aromatic heterocycles. The fourth-order valence-corrected chi connectivity index (χ4v) is 2.64. The van der Waals surface area contributed by atoms with Crippen LogP contribution in [0.2, 0.25) is 0 Å². The van der Waals surface area contributed by atoms with E-state index < -0.39 is 11.9 Å². The minimum Gasteiger partial charge on any atom is -0.489 e. The summed E-state index contributed by atoms with van der Waals surface area (Å²) in [4.78, 5) is 26.0. The first kappa shape index (κ1) is 16.7. The lowest BCUT2D eigenvalue weighted by molar-refractivity contribution is -0.118. The minimum atomic E-state index is -0.869. The molecule has 0 spiro atoms. The predicted molar refractivity (Wildman–Crippen MR) is 95.2 cm³/mol. The van der Waals surface area contributed by atoms with E-state index in [-0.39, 0.29) is 18.3 Å². The Balaban J connectivity index is 1.41. The highest BCUT2D eigenvalue weighted by Crippen LogP contribution is 2.26. The molecule has 2 N–H and O–H groups in total. The molecule has 2 amide bonds. The van der Waals surface area contributed by atoms with Gasteiger partial charge in [-0.2, -0.15) is 4.80 Å². The van der Waals surface area contributed by atoms with Crippen LogP contribution in [0.1, 0.15) is 16.2 Å². The first-order chi connectivity index (χ1) is 13.2. The lowest BCUT2D eigenvalue weighted by atomic mass is 10.2. The number of amides is 2. The maximum atomic E-state index is 12.4. The van der Waals surface area contributed by atoms with Gasteiger partial charge in [-0.3, -0.25) is 9.59 Å². The van der Waals surface area contributed by atoms with Crippen molar-refractivity contribution in [2.75, 3.05) is 11.9 Å². The van der Waals surface area contributed by atoms with Crippen molar-refractivity contribution < 1.29 is 14.3 Å². The van der Waals surface area contributed by atoms with Crippen LogP contribution in [0.25, 0.3) is 0 Å². The summed E-state index contributed by atoms with van der Waals surface area (Å²) >= 11 is 0. The smallest absolute Gasteiger partial charge is 0.293 e. The number of nitrogens with zero attached hydrogens (tertiary/aromatic N) is 4. The highest BCUT2D eigenvalue weighted by atomic mass is 16.5. The summed E-state index contributed by atoms with van der Waals surface area (Å²) in [5.74, 6) is -0.524. The number of carbonyl (C=O) groups is 2. The fourth-order valence-electron chi connectivity index (χ4n) is 2.64. The van der Waals surface area contributed by atoms with Gasteiger partial charge in [-0.05, 0) is 22.9 Å². The Bertz CT molecular complexity index is 972. The van der Waals surface area contributed by atoms with Gasteiger partial charge in [0.2, 0.25) is 0 Å². The van der Waals surface area contributed by atoms with Crippen LogP contribution in [0.3, 0.4) is 0 Å². The topological polar surface area (TPSA) is 111 Å². The third-order valence-corrected chi connectivity index (χ3v) is 3.99. The molecule has 0 fully saturated rings. The lowest BCUT2D eigenvalue weighted by Gasteiger charge is -2.13. The number of hydrogen-bond acceptors (Lipinski definition) is 6. The van der Waals surface area contributed by atoms with Gasteiger partial charge < -0.3 is 15.4 Å². The molecule has 2 heterocycles. The van der Waals surface area contributed by atoms with Crippen molar-refractivity contribution >= 4 is 17.5 Å². The summed E-state index contributed by atoms with van der Waals surface area (Å²) in [6.07, 6.45) is 0. The van der Waals surface area contributed by atoms with Gasteiger partial charge in [0.25, 0.3) is 17.6 Å². The molecule has 136 valence electrons. The number of ether oxygens (including phenoxy) is 1. The minimum absolute atomic E-state index is 0.00669. The van der Waals surface area contributed by atoms with Gasteiger partial charge in [0.1, 0.15) is 18.4 Å². The number of rotatable bonds is 4. The summed E-state index contributed by atoms with van der Waals surface area (Å²) in [6.45, 7) is 0.399. The zero-order valence-electron chi connectivity index (χ0n) is 14.2. The summed E-state index contributed by atoms with van der Waals surface area (Å²) in [5, 5.41) is 17.0. The van der Waals surface area contributed by atoms with E-state index in [2.05, 4.69) is 26.0 Å². The molecule has 1 atom stereocenters. The average Bonchev–Trinajstić information content (AvgIpc) is 3.09. The normalized spacial score (nSPS) is 15.9. The number of fused-ring (bicyclic) bond motifs is 1. The molecule has 1 aliphatic heterocycles. The van der Waals surface area contributed by atoms with Crippen molar-refractivity contribution in [1.82, 2.24) is 25.5 Å². The Morgan fingerprint density at radius 2 is 1.96 bits per heavy atom. The molecule has 0 bridgehead atoms. The molecule has 27 heavy (non-hydrogen) atoms. The molecular weight excluding hydrogens is 348 g/mol. The van der Waals surface area contributed by atoms with E-state index in [1.807, 2.05) is 30.3 Å². The molecule has 3 aromatic rings. The Morgan fingerprint density at radius 1 is 1.19 bits per heavy atom. The number of anilines is 1. The lowest BCUT2D eigenvalue weighted by Crippen LogP contribution is -2.46. The van der Waals surface area contributed by atoms with Crippen molar-refractivity contribution in [3.8, 4) is 5.75 Å². The first-order valence-electron chi connectivity index (χ1n) is 8.34. The standard InChI is InChI=1S/C18H16N6O3/c25-17-14(11-27-15-9-5-4-8-13(15)19-17)20-18(26)16-21-23-24(22-16)10-12-6-2-1-3-7-12/h1-9,14H,10-11H2,(H,19,25)(H,20,26)/t14-/m0/s1. The van der Waals surface area contributed by atoms with Gasteiger partial charge in [-0.1, -0.05) is 42.5 Å². The SMILES string of the molecule is O=C(N[C@H]1COc2ccccc2NC1=O)c1nnn(Cc2ccccc2)n1. The number of para-hydroxylation sites is 2. The van der Waals surface area contributed by atoms with E-state index in [0.717, 1.165) is 5.56 Å². The molecule has 2 aromatic carbocycles. The molecule has 0 radical (unpaired) electrons. The third kappa shape index (κ3) is 3.76. The number of benzene rings is 2. The zero-order chi connectivity index (χ0) is 18.6.